The van der Waals surface area contributed by atoms with Gasteiger partial charge in [-0.1, -0.05) is 35.9 Å². The van der Waals surface area contributed by atoms with Gasteiger partial charge in [-0.15, -0.1) is 0 Å². The predicted molar refractivity (Wildman–Crippen MR) is 95.9 cm³/mol. The van der Waals surface area contributed by atoms with Gasteiger partial charge in [-0.3, -0.25) is 0 Å². The van der Waals surface area contributed by atoms with E-state index in [9.17, 15) is 0 Å². The van der Waals surface area contributed by atoms with Gasteiger partial charge in [-0.2, -0.15) is 5.10 Å². The number of aryl methyl sites for hydroxylation is 2. The van der Waals surface area contributed by atoms with Gasteiger partial charge < -0.3 is 5.32 Å². The summed E-state index contributed by atoms with van der Waals surface area (Å²) in [4.78, 5) is 8.80. The molecule has 0 fully saturated rings. The molecule has 0 radical (unpaired) electrons. The molecule has 118 valence electrons. The van der Waals surface area contributed by atoms with Crippen molar-refractivity contribution in [3.8, 4) is 5.69 Å². The van der Waals surface area contributed by atoms with E-state index in [2.05, 4.69) is 52.4 Å². The molecule has 4 aromatic rings. The molecule has 2 aromatic carbocycles. The molecule has 4 rings (SSSR count). The number of anilines is 2. The highest BCUT2D eigenvalue weighted by Crippen LogP contribution is 2.26. The minimum absolute atomic E-state index is 0.758. The second-order valence-electron chi connectivity index (χ2n) is 5.79. The van der Waals surface area contributed by atoms with Gasteiger partial charge >= 0.3 is 0 Å². The summed E-state index contributed by atoms with van der Waals surface area (Å²) in [5, 5.41) is 8.77. The van der Waals surface area contributed by atoms with Crippen molar-refractivity contribution < 1.29 is 0 Å². The highest BCUT2D eigenvalue weighted by Gasteiger charge is 2.11. The molecule has 0 saturated carbocycles. The number of nitrogens with one attached hydrogen (secondary N) is 1. The first-order chi connectivity index (χ1) is 11.7. The minimum Gasteiger partial charge on any atom is -0.339 e. The third kappa shape index (κ3) is 2.50. The monoisotopic (exact) mass is 315 g/mol. The van der Waals surface area contributed by atoms with Crippen LogP contribution in [0.1, 0.15) is 11.1 Å². The van der Waals surface area contributed by atoms with Gasteiger partial charge in [0.2, 0.25) is 0 Å². The van der Waals surface area contributed by atoms with Crippen LogP contribution in [0.4, 0.5) is 11.5 Å². The van der Waals surface area contributed by atoms with Gasteiger partial charge in [0.05, 0.1) is 17.3 Å². The summed E-state index contributed by atoms with van der Waals surface area (Å²) in [6, 6.07) is 16.3. The summed E-state index contributed by atoms with van der Waals surface area (Å²) >= 11 is 0. The minimum atomic E-state index is 0.758. The molecule has 0 aliphatic rings. The number of benzene rings is 2. The van der Waals surface area contributed by atoms with Crippen molar-refractivity contribution in [3.63, 3.8) is 0 Å². The Hall–Kier alpha value is -3.21. The number of nitrogens with zero attached hydrogens (tertiary/aromatic N) is 4. The SMILES string of the molecule is Cc1ccc(Nc2ncnc3c2cnn3-c2ccccc2)c(C)c1. The van der Waals surface area contributed by atoms with Gasteiger partial charge in [0.15, 0.2) is 5.65 Å². The first-order valence-electron chi connectivity index (χ1n) is 7.81. The molecule has 2 heterocycles. The largest absolute Gasteiger partial charge is 0.339 e. The Morgan fingerprint density at radius 2 is 1.79 bits per heavy atom. The molecule has 0 bridgehead atoms. The Morgan fingerprint density at radius 1 is 0.958 bits per heavy atom. The molecule has 0 spiro atoms. The molecular formula is C19H17N5. The second kappa shape index (κ2) is 5.77. The highest BCUT2D eigenvalue weighted by atomic mass is 15.3. The quantitative estimate of drug-likeness (QED) is 0.616. The van der Waals surface area contributed by atoms with Crippen LogP contribution in [0.5, 0.6) is 0 Å². The third-order valence-corrected chi connectivity index (χ3v) is 4.00. The van der Waals surface area contributed by atoms with Crippen LogP contribution in [-0.4, -0.2) is 19.7 Å². The molecule has 0 unspecified atom stereocenters. The lowest BCUT2D eigenvalue weighted by atomic mass is 10.1. The zero-order chi connectivity index (χ0) is 16.5. The smallest absolute Gasteiger partial charge is 0.168 e. The van der Waals surface area contributed by atoms with E-state index in [1.54, 1.807) is 12.5 Å². The van der Waals surface area contributed by atoms with E-state index >= 15 is 0 Å². The second-order valence-corrected chi connectivity index (χ2v) is 5.79. The molecule has 0 aliphatic heterocycles. The van der Waals surface area contributed by atoms with Gasteiger partial charge in [0.25, 0.3) is 0 Å². The first-order valence-corrected chi connectivity index (χ1v) is 7.81. The van der Waals surface area contributed by atoms with E-state index in [4.69, 9.17) is 0 Å². The van der Waals surface area contributed by atoms with Crippen molar-refractivity contribution in [3.05, 3.63) is 72.2 Å². The van der Waals surface area contributed by atoms with Crippen LogP contribution in [0.3, 0.4) is 0 Å². The van der Waals surface area contributed by atoms with Crippen molar-refractivity contribution in [2.24, 2.45) is 0 Å². The van der Waals surface area contributed by atoms with Gasteiger partial charge in [-0.25, -0.2) is 14.6 Å². The predicted octanol–water partition coefficient (Wildman–Crippen LogP) is 4.18. The van der Waals surface area contributed by atoms with E-state index in [1.165, 1.54) is 11.1 Å². The fourth-order valence-electron chi connectivity index (χ4n) is 2.78. The molecular weight excluding hydrogens is 298 g/mol. The van der Waals surface area contributed by atoms with Gasteiger partial charge in [0, 0.05) is 5.69 Å². The van der Waals surface area contributed by atoms with Crippen LogP contribution in [0.25, 0.3) is 16.7 Å². The summed E-state index contributed by atoms with van der Waals surface area (Å²) in [6.07, 6.45) is 3.36. The fraction of sp³-hybridized carbons (Fsp3) is 0.105. The summed E-state index contributed by atoms with van der Waals surface area (Å²) in [7, 11) is 0. The number of rotatable bonds is 3. The van der Waals surface area contributed by atoms with Crippen LogP contribution < -0.4 is 5.32 Å². The lowest BCUT2D eigenvalue weighted by Crippen LogP contribution is -2.00. The van der Waals surface area contributed by atoms with E-state index in [-0.39, 0.29) is 0 Å². The maximum Gasteiger partial charge on any atom is 0.168 e. The third-order valence-electron chi connectivity index (χ3n) is 4.00. The zero-order valence-electron chi connectivity index (χ0n) is 13.6. The van der Waals surface area contributed by atoms with Crippen molar-refractivity contribution in [1.29, 1.82) is 0 Å². The van der Waals surface area contributed by atoms with Crippen LogP contribution in [0.2, 0.25) is 0 Å². The summed E-state index contributed by atoms with van der Waals surface area (Å²) in [5.41, 5.74) is 5.21. The average Bonchev–Trinajstić information content (AvgIpc) is 3.03. The lowest BCUT2D eigenvalue weighted by molar-refractivity contribution is 0.895. The Morgan fingerprint density at radius 3 is 2.58 bits per heavy atom. The first kappa shape index (κ1) is 14.4. The van der Waals surface area contributed by atoms with Crippen LogP contribution in [-0.2, 0) is 0 Å². The van der Waals surface area contributed by atoms with Crippen molar-refractivity contribution in [2.75, 3.05) is 5.32 Å². The molecule has 0 aliphatic carbocycles. The van der Waals surface area contributed by atoms with Crippen LogP contribution in [0.15, 0.2) is 61.1 Å². The number of para-hydroxylation sites is 1. The lowest BCUT2D eigenvalue weighted by Gasteiger charge is -2.10. The topological polar surface area (TPSA) is 55.6 Å². The molecule has 0 amide bonds. The summed E-state index contributed by atoms with van der Waals surface area (Å²) in [6.45, 7) is 4.17. The molecule has 2 aromatic heterocycles. The Kier molecular flexibility index (Phi) is 3.46. The van der Waals surface area contributed by atoms with Crippen LogP contribution >= 0.6 is 0 Å². The highest BCUT2D eigenvalue weighted by molar-refractivity contribution is 5.89. The maximum absolute atomic E-state index is 4.48. The fourth-order valence-corrected chi connectivity index (χ4v) is 2.78. The van der Waals surface area contributed by atoms with Crippen LogP contribution in [0, 0.1) is 13.8 Å². The number of aromatic nitrogens is 4. The van der Waals surface area contributed by atoms with Crippen molar-refractivity contribution in [2.45, 2.75) is 13.8 Å². The standard InChI is InChI=1S/C19H17N5/c1-13-8-9-17(14(2)10-13)23-18-16-11-22-24(19(16)21-12-20-18)15-6-4-3-5-7-15/h3-12H,1-2H3,(H,20,21,23). The van der Waals surface area contributed by atoms with E-state index in [0.29, 0.717) is 0 Å². The Bertz CT molecular complexity index is 1000. The number of hydrogen-bond donors (Lipinski definition) is 1. The molecule has 24 heavy (non-hydrogen) atoms. The van der Waals surface area contributed by atoms with Crippen molar-refractivity contribution in [1.82, 2.24) is 19.7 Å². The van der Waals surface area contributed by atoms with E-state index in [1.807, 2.05) is 35.0 Å². The Labute approximate surface area is 140 Å². The molecule has 0 saturated heterocycles. The zero-order valence-corrected chi connectivity index (χ0v) is 13.6. The van der Waals surface area contributed by atoms with E-state index < -0.39 is 0 Å². The summed E-state index contributed by atoms with van der Waals surface area (Å²) < 4.78 is 1.82. The van der Waals surface area contributed by atoms with Crippen molar-refractivity contribution >= 4 is 22.5 Å². The maximum atomic E-state index is 4.48. The molecule has 5 heteroatoms. The summed E-state index contributed by atoms with van der Waals surface area (Å²) in [5.74, 6) is 0.758. The van der Waals surface area contributed by atoms with E-state index in [0.717, 1.165) is 28.2 Å². The number of hydrogen-bond acceptors (Lipinski definition) is 4. The molecule has 5 nitrogen and oxygen atoms in total. The molecule has 1 N–H and O–H groups in total. The average molecular weight is 315 g/mol. The Balaban J connectivity index is 1.79. The normalized spacial score (nSPS) is 10.9. The number of fused-ring (bicyclic) bond motifs is 1. The van der Waals surface area contributed by atoms with Gasteiger partial charge in [0.1, 0.15) is 12.1 Å². The van der Waals surface area contributed by atoms with Gasteiger partial charge in [-0.05, 0) is 37.6 Å². The molecule has 0 atom stereocenters.